The number of carboxylic acids is 2. The maximum Gasteiger partial charge on any atom is 0.328 e. The summed E-state index contributed by atoms with van der Waals surface area (Å²) in [5, 5.41) is 16.4. The molecule has 2 N–H and O–H groups in total. The van der Waals surface area contributed by atoms with Crippen molar-refractivity contribution >= 4 is 23.5 Å². The first-order valence-corrected chi connectivity index (χ1v) is 8.62. The van der Waals surface area contributed by atoms with E-state index >= 15 is 0 Å². The van der Waals surface area contributed by atoms with Crippen LogP contribution in [0.4, 0.5) is 0 Å². The lowest BCUT2D eigenvalue weighted by Gasteiger charge is -2.13. The van der Waals surface area contributed by atoms with E-state index in [0.717, 1.165) is 30.1 Å². The molecule has 0 fully saturated rings. The number of likely N-dealkylation sites (N-methyl/N-ethyl adjacent to an activating group) is 1. The van der Waals surface area contributed by atoms with Crippen LogP contribution >= 0.6 is 11.6 Å². The van der Waals surface area contributed by atoms with Crippen LogP contribution in [0.5, 0.6) is 0 Å². The number of hydrogen-bond acceptors (Lipinski definition) is 4. The van der Waals surface area contributed by atoms with E-state index in [2.05, 4.69) is 48.2 Å². The van der Waals surface area contributed by atoms with Crippen LogP contribution in [0.25, 0.3) is 0 Å². The molecule has 1 heterocycles. The molecule has 6 nitrogen and oxygen atoms in total. The predicted octanol–water partition coefficient (Wildman–Crippen LogP) is 3.14. The zero-order valence-corrected chi connectivity index (χ0v) is 16.1. The predicted molar refractivity (Wildman–Crippen MR) is 105 cm³/mol. The van der Waals surface area contributed by atoms with Crippen molar-refractivity contribution in [2.45, 2.75) is 12.8 Å². The van der Waals surface area contributed by atoms with E-state index in [0.29, 0.717) is 12.2 Å². The number of carbonyl (C=O) groups is 2. The molecule has 0 saturated heterocycles. The Bertz CT molecular complexity index is 761. The highest BCUT2D eigenvalue weighted by Crippen LogP contribution is 2.21. The summed E-state index contributed by atoms with van der Waals surface area (Å²) in [7, 11) is 4.14. The summed E-state index contributed by atoms with van der Waals surface area (Å²) in [6.07, 6.45) is 4.68. The first-order chi connectivity index (χ1) is 12.8. The van der Waals surface area contributed by atoms with Gasteiger partial charge >= 0.3 is 11.9 Å². The molecule has 0 spiro atoms. The summed E-state index contributed by atoms with van der Waals surface area (Å²) in [6.45, 7) is 0.979. The summed E-state index contributed by atoms with van der Waals surface area (Å²) in [4.78, 5) is 25.8. The Morgan fingerprint density at radius 1 is 1.07 bits per heavy atom. The Kier molecular flexibility index (Phi) is 9.79. The van der Waals surface area contributed by atoms with Crippen molar-refractivity contribution in [3.8, 4) is 0 Å². The standard InChI is InChI=1S/C16H19ClN2.C4H4O4/c1-19(2)11-9-14-15(17)8-10-18-16(14)12-13-6-4-3-5-7-13;5-3(6)1-2-4(7)8/h3-8,10H,9,11-12H2,1-2H3;1-2H,(H,5,6)(H,7,8)/b;2-1+. The van der Waals surface area contributed by atoms with Crippen molar-refractivity contribution < 1.29 is 19.8 Å². The van der Waals surface area contributed by atoms with Gasteiger partial charge in [-0.25, -0.2) is 9.59 Å². The van der Waals surface area contributed by atoms with Crippen molar-refractivity contribution in [1.29, 1.82) is 0 Å². The molecule has 1 aromatic heterocycles. The average Bonchev–Trinajstić information content (AvgIpc) is 2.61. The van der Waals surface area contributed by atoms with Crippen LogP contribution in [0.3, 0.4) is 0 Å². The highest BCUT2D eigenvalue weighted by molar-refractivity contribution is 6.31. The lowest BCUT2D eigenvalue weighted by molar-refractivity contribution is -0.134. The van der Waals surface area contributed by atoms with Gasteiger partial charge in [-0.3, -0.25) is 4.98 Å². The van der Waals surface area contributed by atoms with E-state index in [4.69, 9.17) is 21.8 Å². The molecular weight excluding hydrogens is 368 g/mol. The Morgan fingerprint density at radius 2 is 1.67 bits per heavy atom. The van der Waals surface area contributed by atoms with Gasteiger partial charge in [0, 0.05) is 42.0 Å². The molecule has 0 radical (unpaired) electrons. The van der Waals surface area contributed by atoms with Gasteiger partial charge in [-0.1, -0.05) is 41.9 Å². The van der Waals surface area contributed by atoms with Gasteiger partial charge in [0.15, 0.2) is 0 Å². The largest absolute Gasteiger partial charge is 0.478 e. The van der Waals surface area contributed by atoms with Gasteiger partial charge in [-0.2, -0.15) is 0 Å². The molecule has 2 rings (SSSR count). The number of hydrogen-bond donors (Lipinski definition) is 2. The fourth-order valence-electron chi connectivity index (χ4n) is 2.19. The monoisotopic (exact) mass is 390 g/mol. The van der Waals surface area contributed by atoms with Crippen LogP contribution < -0.4 is 0 Å². The number of aromatic nitrogens is 1. The van der Waals surface area contributed by atoms with Crippen LogP contribution in [0.2, 0.25) is 5.02 Å². The number of nitrogens with zero attached hydrogens (tertiary/aromatic N) is 2. The van der Waals surface area contributed by atoms with Gasteiger partial charge in [0.2, 0.25) is 0 Å². The maximum absolute atomic E-state index is 9.55. The quantitative estimate of drug-likeness (QED) is 0.706. The van der Waals surface area contributed by atoms with Crippen molar-refractivity contribution in [2.24, 2.45) is 0 Å². The van der Waals surface area contributed by atoms with Gasteiger partial charge in [-0.15, -0.1) is 0 Å². The molecular formula is C20H23ClN2O4. The average molecular weight is 391 g/mol. The third-order valence-electron chi connectivity index (χ3n) is 3.48. The van der Waals surface area contributed by atoms with E-state index in [1.54, 1.807) is 6.20 Å². The van der Waals surface area contributed by atoms with Gasteiger partial charge in [-0.05, 0) is 37.7 Å². The Hall–Kier alpha value is -2.70. The maximum atomic E-state index is 9.55. The third kappa shape index (κ3) is 9.53. The van der Waals surface area contributed by atoms with Gasteiger partial charge in [0.1, 0.15) is 0 Å². The molecule has 27 heavy (non-hydrogen) atoms. The summed E-state index contributed by atoms with van der Waals surface area (Å²) < 4.78 is 0. The van der Waals surface area contributed by atoms with Crippen LogP contribution in [0, 0.1) is 0 Å². The summed E-state index contributed by atoms with van der Waals surface area (Å²) in [5.74, 6) is -2.51. The second-order valence-electron chi connectivity index (χ2n) is 5.94. The third-order valence-corrected chi connectivity index (χ3v) is 3.83. The second-order valence-corrected chi connectivity index (χ2v) is 6.35. The number of halogens is 1. The van der Waals surface area contributed by atoms with E-state index in [9.17, 15) is 9.59 Å². The molecule has 144 valence electrons. The zero-order chi connectivity index (χ0) is 20.2. The highest BCUT2D eigenvalue weighted by Gasteiger charge is 2.09. The molecule has 0 bridgehead atoms. The normalized spacial score (nSPS) is 10.5. The molecule has 0 saturated carbocycles. The minimum Gasteiger partial charge on any atom is -0.478 e. The lowest BCUT2D eigenvalue weighted by atomic mass is 10.0. The fourth-order valence-corrected chi connectivity index (χ4v) is 2.45. The minimum atomic E-state index is -1.26. The summed E-state index contributed by atoms with van der Waals surface area (Å²) in [5.41, 5.74) is 3.52. The highest BCUT2D eigenvalue weighted by atomic mass is 35.5. The van der Waals surface area contributed by atoms with E-state index in [-0.39, 0.29) is 0 Å². The first kappa shape index (κ1) is 22.3. The van der Waals surface area contributed by atoms with Crippen molar-refractivity contribution in [3.63, 3.8) is 0 Å². The molecule has 0 aliphatic heterocycles. The van der Waals surface area contributed by atoms with Crippen molar-refractivity contribution in [2.75, 3.05) is 20.6 Å². The molecule has 2 aromatic rings. The Morgan fingerprint density at radius 3 is 2.19 bits per heavy atom. The first-order valence-electron chi connectivity index (χ1n) is 8.24. The molecule has 0 atom stereocenters. The van der Waals surface area contributed by atoms with Crippen LogP contribution in [0.1, 0.15) is 16.8 Å². The van der Waals surface area contributed by atoms with E-state index < -0.39 is 11.9 Å². The second kappa shape index (κ2) is 11.8. The van der Waals surface area contributed by atoms with Crippen molar-refractivity contribution in [1.82, 2.24) is 9.88 Å². The van der Waals surface area contributed by atoms with Crippen molar-refractivity contribution in [3.05, 3.63) is 76.6 Å². The smallest absolute Gasteiger partial charge is 0.328 e. The topological polar surface area (TPSA) is 90.7 Å². The number of rotatable bonds is 7. The molecule has 0 aliphatic rings. The molecule has 0 amide bonds. The lowest BCUT2D eigenvalue weighted by Crippen LogP contribution is -2.16. The zero-order valence-electron chi connectivity index (χ0n) is 15.3. The fraction of sp³-hybridized carbons (Fsp3) is 0.250. The summed E-state index contributed by atoms with van der Waals surface area (Å²) >= 11 is 6.32. The van der Waals surface area contributed by atoms with Gasteiger partial charge < -0.3 is 15.1 Å². The number of carboxylic acid groups (broad SMARTS) is 2. The Balaban J connectivity index is 0.000000387. The van der Waals surface area contributed by atoms with Crippen LogP contribution in [-0.2, 0) is 22.4 Å². The van der Waals surface area contributed by atoms with Crippen LogP contribution in [0.15, 0.2) is 54.7 Å². The SMILES string of the molecule is CN(C)CCc1c(Cl)ccnc1Cc1ccccc1.O=C(O)/C=C/C(=O)O. The van der Waals surface area contributed by atoms with Crippen LogP contribution in [-0.4, -0.2) is 52.7 Å². The van der Waals surface area contributed by atoms with Gasteiger partial charge in [0.05, 0.1) is 0 Å². The summed E-state index contributed by atoms with van der Waals surface area (Å²) in [6, 6.07) is 12.3. The molecule has 0 unspecified atom stereocenters. The van der Waals surface area contributed by atoms with E-state index in [1.165, 1.54) is 11.1 Å². The van der Waals surface area contributed by atoms with Gasteiger partial charge in [0.25, 0.3) is 0 Å². The molecule has 0 aliphatic carbocycles. The molecule has 1 aromatic carbocycles. The Labute approximate surface area is 163 Å². The minimum absolute atomic E-state index is 0.558. The number of pyridine rings is 1. The van der Waals surface area contributed by atoms with E-state index in [1.807, 2.05) is 12.1 Å². The molecule has 7 heteroatoms. The number of benzene rings is 1. The number of aliphatic carboxylic acids is 2.